The van der Waals surface area contributed by atoms with Gasteiger partial charge < -0.3 is 15.1 Å². The molecule has 1 aliphatic heterocycles. The van der Waals surface area contributed by atoms with Gasteiger partial charge in [0.05, 0.1) is 4.92 Å². The summed E-state index contributed by atoms with van der Waals surface area (Å²) >= 11 is 0. The number of nitrogens with one attached hydrogen (secondary N) is 1. The highest BCUT2D eigenvalue weighted by atomic mass is 16.6. The first-order chi connectivity index (χ1) is 17.5. The van der Waals surface area contributed by atoms with Gasteiger partial charge in [-0.2, -0.15) is 0 Å². The minimum Gasteiger partial charge on any atom is -0.373 e. The number of nitro groups is 1. The van der Waals surface area contributed by atoms with Crippen LogP contribution in [-0.4, -0.2) is 41.9 Å². The van der Waals surface area contributed by atoms with Crippen molar-refractivity contribution in [1.29, 1.82) is 0 Å². The Bertz CT molecular complexity index is 1390. The summed E-state index contributed by atoms with van der Waals surface area (Å²) < 4.78 is 0. The molecule has 1 fully saturated rings. The van der Waals surface area contributed by atoms with E-state index in [1.807, 2.05) is 90.7 Å². The molecule has 0 unspecified atom stereocenters. The number of nitrogens with zero attached hydrogens (tertiary/aromatic N) is 3. The average molecular weight is 481 g/mol. The van der Waals surface area contributed by atoms with Crippen molar-refractivity contribution in [3.63, 3.8) is 0 Å². The molecular formula is C29H28N4O3. The van der Waals surface area contributed by atoms with Crippen LogP contribution in [0.4, 0.5) is 17.1 Å². The third-order valence-electron chi connectivity index (χ3n) is 6.80. The second-order valence-corrected chi connectivity index (χ2v) is 9.04. The molecular weight excluding hydrogens is 452 g/mol. The van der Waals surface area contributed by atoms with Gasteiger partial charge in [0.2, 0.25) is 0 Å². The molecule has 7 heteroatoms. The molecule has 7 nitrogen and oxygen atoms in total. The molecule has 36 heavy (non-hydrogen) atoms. The number of piperazine rings is 1. The highest BCUT2D eigenvalue weighted by Gasteiger charge is 2.25. The van der Waals surface area contributed by atoms with Crippen LogP contribution in [0.25, 0.3) is 10.8 Å². The standard InChI is InChI=1S/C29H28N4O3/c1-21(22-8-3-2-4-9-22)30-27-20-24(14-15-28(27)33(35)36)31-16-18-32(19-17-31)29(34)26-13-7-11-23-10-5-6-12-25(23)26/h2-15,20-21,30H,16-19H2,1H3/t21-/m1/s1. The Balaban J connectivity index is 1.31. The maximum atomic E-state index is 13.3. The van der Waals surface area contributed by atoms with Crippen molar-refractivity contribution in [3.8, 4) is 0 Å². The fourth-order valence-electron chi connectivity index (χ4n) is 4.80. The Morgan fingerprint density at radius 3 is 2.33 bits per heavy atom. The van der Waals surface area contributed by atoms with E-state index in [0.29, 0.717) is 31.9 Å². The number of fused-ring (bicyclic) bond motifs is 1. The maximum absolute atomic E-state index is 13.3. The third kappa shape index (κ3) is 4.73. The molecule has 5 rings (SSSR count). The summed E-state index contributed by atoms with van der Waals surface area (Å²) in [6, 6.07) is 28.7. The van der Waals surface area contributed by atoms with Gasteiger partial charge in [0.1, 0.15) is 5.69 Å². The second-order valence-electron chi connectivity index (χ2n) is 9.04. The zero-order valence-corrected chi connectivity index (χ0v) is 20.1. The molecule has 0 saturated carbocycles. The van der Waals surface area contributed by atoms with Crippen LogP contribution >= 0.6 is 0 Å². The van der Waals surface area contributed by atoms with Crippen LogP contribution in [-0.2, 0) is 0 Å². The Morgan fingerprint density at radius 1 is 0.889 bits per heavy atom. The largest absolute Gasteiger partial charge is 0.373 e. The van der Waals surface area contributed by atoms with Crippen LogP contribution in [0.1, 0.15) is 28.9 Å². The van der Waals surface area contributed by atoms with E-state index in [-0.39, 0.29) is 22.6 Å². The molecule has 1 saturated heterocycles. The second kappa shape index (κ2) is 10.1. The van der Waals surface area contributed by atoms with Crippen LogP contribution in [0.5, 0.6) is 0 Å². The Hall–Kier alpha value is -4.39. The van der Waals surface area contributed by atoms with Crippen LogP contribution < -0.4 is 10.2 Å². The van der Waals surface area contributed by atoms with E-state index in [0.717, 1.165) is 27.6 Å². The molecule has 0 bridgehead atoms. The molecule has 1 atom stereocenters. The summed E-state index contributed by atoms with van der Waals surface area (Å²) in [5.41, 5.74) is 3.21. The number of benzene rings is 4. The molecule has 0 radical (unpaired) electrons. The SMILES string of the molecule is C[C@@H](Nc1cc(N2CCN(C(=O)c3cccc4ccccc34)CC2)ccc1[N+](=O)[O-])c1ccccc1. The first-order valence-corrected chi connectivity index (χ1v) is 12.1. The highest BCUT2D eigenvalue weighted by molar-refractivity contribution is 6.07. The number of rotatable bonds is 6. The number of amides is 1. The van der Waals surface area contributed by atoms with E-state index in [1.54, 1.807) is 12.1 Å². The topological polar surface area (TPSA) is 78.7 Å². The lowest BCUT2D eigenvalue weighted by Gasteiger charge is -2.36. The minimum absolute atomic E-state index is 0.0363. The van der Waals surface area contributed by atoms with E-state index >= 15 is 0 Å². The molecule has 0 spiro atoms. The van der Waals surface area contributed by atoms with Crippen molar-refractivity contribution in [1.82, 2.24) is 4.90 Å². The Morgan fingerprint density at radius 2 is 1.58 bits per heavy atom. The molecule has 4 aromatic carbocycles. The first kappa shape index (κ1) is 23.4. The van der Waals surface area contributed by atoms with Crippen molar-refractivity contribution in [2.45, 2.75) is 13.0 Å². The van der Waals surface area contributed by atoms with Gasteiger partial charge in [0, 0.05) is 49.5 Å². The fraction of sp³-hybridized carbons (Fsp3) is 0.207. The smallest absolute Gasteiger partial charge is 0.292 e. The number of nitro benzene ring substituents is 1. The fourth-order valence-corrected chi connectivity index (χ4v) is 4.80. The Kier molecular flexibility index (Phi) is 6.54. The van der Waals surface area contributed by atoms with Crippen LogP contribution in [0, 0.1) is 10.1 Å². The molecule has 0 aromatic heterocycles. The van der Waals surface area contributed by atoms with Gasteiger partial charge in [0.15, 0.2) is 0 Å². The third-order valence-corrected chi connectivity index (χ3v) is 6.80. The zero-order chi connectivity index (χ0) is 25.1. The number of carbonyl (C=O) groups excluding carboxylic acids is 1. The predicted octanol–water partition coefficient (Wildman–Crippen LogP) is 5.88. The summed E-state index contributed by atoms with van der Waals surface area (Å²) in [5.74, 6) is 0.0363. The molecule has 1 amide bonds. The monoisotopic (exact) mass is 480 g/mol. The number of hydrogen-bond acceptors (Lipinski definition) is 5. The van der Waals surface area contributed by atoms with E-state index in [4.69, 9.17) is 0 Å². The lowest BCUT2D eigenvalue weighted by molar-refractivity contribution is -0.384. The summed E-state index contributed by atoms with van der Waals surface area (Å²) in [7, 11) is 0. The number of hydrogen-bond donors (Lipinski definition) is 1. The van der Waals surface area contributed by atoms with Gasteiger partial charge in [-0.25, -0.2) is 0 Å². The summed E-state index contributed by atoms with van der Waals surface area (Å²) in [4.78, 5) is 28.7. The summed E-state index contributed by atoms with van der Waals surface area (Å²) in [5, 5.41) is 17.0. The van der Waals surface area contributed by atoms with Crippen LogP contribution in [0.15, 0.2) is 91.0 Å². The lowest BCUT2D eigenvalue weighted by Crippen LogP contribution is -2.48. The molecule has 1 N–H and O–H groups in total. The van der Waals surface area contributed by atoms with Crippen molar-refractivity contribution in [2.75, 3.05) is 36.4 Å². The van der Waals surface area contributed by atoms with Gasteiger partial charge in [-0.1, -0.05) is 66.7 Å². The normalized spacial score (nSPS) is 14.5. The van der Waals surface area contributed by atoms with Gasteiger partial charge in [-0.3, -0.25) is 14.9 Å². The molecule has 182 valence electrons. The van der Waals surface area contributed by atoms with Crippen molar-refractivity contribution in [3.05, 3.63) is 112 Å². The van der Waals surface area contributed by atoms with Crippen molar-refractivity contribution in [2.24, 2.45) is 0 Å². The van der Waals surface area contributed by atoms with Crippen molar-refractivity contribution >= 4 is 33.7 Å². The van der Waals surface area contributed by atoms with Gasteiger partial charge in [0.25, 0.3) is 11.6 Å². The summed E-state index contributed by atoms with van der Waals surface area (Å²) in [6.45, 7) is 4.47. The average Bonchev–Trinajstić information content (AvgIpc) is 2.92. The zero-order valence-electron chi connectivity index (χ0n) is 20.1. The first-order valence-electron chi connectivity index (χ1n) is 12.1. The van der Waals surface area contributed by atoms with Crippen molar-refractivity contribution < 1.29 is 9.72 Å². The van der Waals surface area contributed by atoms with E-state index < -0.39 is 0 Å². The molecule has 0 aliphatic carbocycles. The van der Waals surface area contributed by atoms with E-state index in [2.05, 4.69) is 10.2 Å². The van der Waals surface area contributed by atoms with Crippen LogP contribution in [0.2, 0.25) is 0 Å². The quantitative estimate of drug-likeness (QED) is 0.275. The van der Waals surface area contributed by atoms with Gasteiger partial charge >= 0.3 is 0 Å². The van der Waals surface area contributed by atoms with E-state index in [1.165, 1.54) is 0 Å². The summed E-state index contributed by atoms with van der Waals surface area (Å²) in [6.07, 6.45) is 0. The maximum Gasteiger partial charge on any atom is 0.292 e. The van der Waals surface area contributed by atoms with Gasteiger partial charge in [-0.05, 0) is 41.5 Å². The van der Waals surface area contributed by atoms with E-state index in [9.17, 15) is 14.9 Å². The number of carbonyl (C=O) groups is 1. The predicted molar refractivity (Wildman–Crippen MR) is 144 cm³/mol. The van der Waals surface area contributed by atoms with Gasteiger partial charge in [-0.15, -0.1) is 0 Å². The number of anilines is 2. The molecule has 4 aromatic rings. The highest BCUT2D eigenvalue weighted by Crippen LogP contribution is 2.33. The minimum atomic E-state index is -0.357. The Labute approximate surface area is 210 Å². The lowest BCUT2D eigenvalue weighted by atomic mass is 10.0. The molecule has 1 aliphatic rings. The molecule has 1 heterocycles. The van der Waals surface area contributed by atoms with Crippen LogP contribution in [0.3, 0.4) is 0 Å².